The van der Waals surface area contributed by atoms with Crippen molar-refractivity contribution in [2.75, 3.05) is 19.6 Å². The fourth-order valence-corrected chi connectivity index (χ4v) is 5.92. The maximum atomic E-state index is 13.3. The van der Waals surface area contributed by atoms with E-state index in [4.69, 9.17) is 4.74 Å². The smallest absolute Gasteiger partial charge is 0.411 e. The molecule has 7 nitrogen and oxygen atoms in total. The Balaban J connectivity index is 1.41. The zero-order chi connectivity index (χ0) is 27.7. The van der Waals surface area contributed by atoms with Gasteiger partial charge in [-0.05, 0) is 70.1 Å². The van der Waals surface area contributed by atoms with Gasteiger partial charge in [-0.3, -0.25) is 4.79 Å². The van der Waals surface area contributed by atoms with E-state index >= 15 is 0 Å². The number of piperidine rings is 1. The normalized spacial score (nSPS) is 22.2. The molecular weight excluding hydrogens is 480 g/mol. The number of amides is 2. The van der Waals surface area contributed by atoms with Crippen LogP contribution in [0.1, 0.15) is 89.0 Å². The van der Waals surface area contributed by atoms with Crippen LogP contribution in [0.15, 0.2) is 54.6 Å². The molecule has 2 amide bonds. The number of carbonyl (C=O) groups is 2. The molecule has 2 heterocycles. The Bertz CT molecular complexity index is 1110. The van der Waals surface area contributed by atoms with E-state index in [1.807, 2.05) is 37.3 Å². The van der Waals surface area contributed by atoms with Crippen LogP contribution in [0.3, 0.4) is 0 Å². The number of benzene rings is 2. The first-order valence-electron chi connectivity index (χ1n) is 13.7. The maximum Gasteiger partial charge on any atom is 0.411 e. The van der Waals surface area contributed by atoms with E-state index < -0.39 is 16.8 Å². The number of ether oxygens (including phenoxy) is 1. The number of likely N-dealkylation sites (tertiary alicyclic amines) is 1. The van der Waals surface area contributed by atoms with Crippen LogP contribution >= 0.6 is 0 Å². The summed E-state index contributed by atoms with van der Waals surface area (Å²) in [4.78, 5) is 29.2. The molecule has 2 aliphatic heterocycles. The summed E-state index contributed by atoms with van der Waals surface area (Å²) in [6, 6.07) is 18.0. The highest BCUT2D eigenvalue weighted by Gasteiger charge is 2.46. The minimum absolute atomic E-state index is 0.154. The van der Waals surface area contributed by atoms with Gasteiger partial charge in [0.25, 0.3) is 5.91 Å². The third-order valence-electron chi connectivity index (χ3n) is 7.96. The van der Waals surface area contributed by atoms with Crippen LogP contribution in [0.25, 0.3) is 0 Å². The number of aliphatic hydroxyl groups is 2. The summed E-state index contributed by atoms with van der Waals surface area (Å²) in [5, 5.41) is 20.6. The second-order valence-corrected chi connectivity index (χ2v) is 12.1. The van der Waals surface area contributed by atoms with Crippen LogP contribution in [0.5, 0.6) is 0 Å². The minimum atomic E-state index is -1.34. The highest BCUT2D eigenvalue weighted by atomic mass is 16.6. The highest BCUT2D eigenvalue weighted by Crippen LogP contribution is 2.42. The number of rotatable bonds is 7. The van der Waals surface area contributed by atoms with Crippen LogP contribution in [0.2, 0.25) is 0 Å². The molecule has 0 spiro atoms. The second-order valence-electron chi connectivity index (χ2n) is 12.1. The van der Waals surface area contributed by atoms with E-state index in [0.29, 0.717) is 38.4 Å². The Kier molecular flexibility index (Phi) is 7.91. The van der Waals surface area contributed by atoms with Gasteiger partial charge in [0.05, 0.1) is 11.6 Å². The van der Waals surface area contributed by atoms with Gasteiger partial charge in [0.1, 0.15) is 11.2 Å². The SMILES string of the molecule is C[C@@H](c1ccc(C2CCN(C(=O)C(C)(C)O)CC2)cc1)N1CCC(CC(C)(C)O)(c2ccccc2)OC1=O. The standard InChI is InChI=1S/C31H42N2O5/c1-22(23-11-13-24(14-12-23)25-15-18-32(19-16-25)27(34)30(4,5)37)33-20-17-31(38-28(33)35,21-29(2,3)36)26-9-7-6-8-10-26/h6-14,22,25,36-37H,15-21H2,1-5H3/t22-,31?/m0/s1. The van der Waals surface area contributed by atoms with Crippen molar-refractivity contribution in [2.24, 2.45) is 0 Å². The van der Waals surface area contributed by atoms with E-state index in [-0.39, 0.29) is 18.0 Å². The molecule has 7 heteroatoms. The molecule has 2 N–H and O–H groups in total. The lowest BCUT2D eigenvalue weighted by atomic mass is 9.80. The van der Waals surface area contributed by atoms with Crippen molar-refractivity contribution in [3.63, 3.8) is 0 Å². The van der Waals surface area contributed by atoms with Gasteiger partial charge >= 0.3 is 6.09 Å². The number of hydrogen-bond acceptors (Lipinski definition) is 5. The number of nitrogens with zero attached hydrogens (tertiary/aromatic N) is 2. The summed E-state index contributed by atoms with van der Waals surface area (Å²) >= 11 is 0. The minimum Gasteiger partial charge on any atom is -0.438 e. The number of hydrogen-bond donors (Lipinski definition) is 2. The molecule has 2 fully saturated rings. The summed E-state index contributed by atoms with van der Waals surface area (Å²) in [5.41, 5.74) is -0.0199. The quantitative estimate of drug-likeness (QED) is 0.527. The third-order valence-corrected chi connectivity index (χ3v) is 7.96. The lowest BCUT2D eigenvalue weighted by molar-refractivity contribution is -0.148. The van der Waals surface area contributed by atoms with E-state index in [9.17, 15) is 19.8 Å². The lowest BCUT2D eigenvalue weighted by Crippen LogP contribution is -2.51. The predicted molar refractivity (Wildman–Crippen MR) is 147 cm³/mol. The molecule has 2 saturated heterocycles. The number of cyclic esters (lactones) is 1. The summed E-state index contributed by atoms with van der Waals surface area (Å²) in [6.07, 6.45) is 2.27. The Morgan fingerprint density at radius 1 is 1.00 bits per heavy atom. The Morgan fingerprint density at radius 2 is 1.61 bits per heavy atom. The Labute approximate surface area is 226 Å². The molecule has 0 aliphatic carbocycles. The molecule has 4 rings (SSSR count). The summed E-state index contributed by atoms with van der Waals surface area (Å²) in [6.45, 7) is 10.4. The molecule has 206 valence electrons. The van der Waals surface area contributed by atoms with Crippen LogP contribution in [-0.2, 0) is 15.1 Å². The van der Waals surface area contributed by atoms with Gasteiger partial charge in [0.15, 0.2) is 0 Å². The molecule has 0 radical (unpaired) electrons. The van der Waals surface area contributed by atoms with Gasteiger partial charge in [0.2, 0.25) is 0 Å². The first-order chi connectivity index (χ1) is 17.8. The largest absolute Gasteiger partial charge is 0.438 e. The molecule has 1 unspecified atom stereocenters. The van der Waals surface area contributed by atoms with E-state index in [1.165, 1.54) is 19.4 Å². The topological polar surface area (TPSA) is 90.3 Å². The molecule has 2 aromatic carbocycles. The Morgan fingerprint density at radius 3 is 2.13 bits per heavy atom. The van der Waals surface area contributed by atoms with Gasteiger partial charge in [-0.1, -0.05) is 54.6 Å². The molecular formula is C31H42N2O5. The van der Waals surface area contributed by atoms with Crippen molar-refractivity contribution < 1.29 is 24.5 Å². The van der Waals surface area contributed by atoms with Crippen molar-refractivity contribution in [3.05, 3.63) is 71.3 Å². The molecule has 2 atom stereocenters. The first kappa shape index (κ1) is 28.1. The summed E-state index contributed by atoms with van der Waals surface area (Å²) in [7, 11) is 0. The van der Waals surface area contributed by atoms with Crippen LogP contribution in [-0.4, -0.2) is 62.8 Å². The highest BCUT2D eigenvalue weighted by molar-refractivity contribution is 5.84. The van der Waals surface area contributed by atoms with Gasteiger partial charge in [0, 0.05) is 32.5 Å². The van der Waals surface area contributed by atoms with Crippen LogP contribution in [0, 0.1) is 0 Å². The van der Waals surface area contributed by atoms with E-state index in [1.54, 1.807) is 23.6 Å². The third kappa shape index (κ3) is 6.21. The van der Waals surface area contributed by atoms with Crippen LogP contribution < -0.4 is 0 Å². The van der Waals surface area contributed by atoms with E-state index in [0.717, 1.165) is 24.0 Å². The van der Waals surface area contributed by atoms with Gasteiger partial charge in [-0.25, -0.2) is 4.79 Å². The van der Waals surface area contributed by atoms with Crippen molar-refractivity contribution in [2.45, 2.75) is 89.1 Å². The molecule has 0 saturated carbocycles. The zero-order valence-corrected chi connectivity index (χ0v) is 23.3. The average molecular weight is 523 g/mol. The fourth-order valence-electron chi connectivity index (χ4n) is 5.92. The van der Waals surface area contributed by atoms with Gasteiger partial charge < -0.3 is 24.7 Å². The molecule has 2 aromatic rings. The van der Waals surface area contributed by atoms with E-state index in [2.05, 4.69) is 24.3 Å². The van der Waals surface area contributed by atoms with Crippen molar-refractivity contribution in [1.82, 2.24) is 9.80 Å². The van der Waals surface area contributed by atoms with Crippen molar-refractivity contribution in [1.29, 1.82) is 0 Å². The fraction of sp³-hybridized carbons (Fsp3) is 0.548. The lowest BCUT2D eigenvalue weighted by Gasteiger charge is -2.45. The average Bonchev–Trinajstić information content (AvgIpc) is 2.87. The summed E-state index contributed by atoms with van der Waals surface area (Å²) < 4.78 is 6.14. The van der Waals surface area contributed by atoms with Crippen molar-refractivity contribution in [3.8, 4) is 0 Å². The van der Waals surface area contributed by atoms with Gasteiger partial charge in [-0.2, -0.15) is 0 Å². The van der Waals surface area contributed by atoms with Crippen molar-refractivity contribution >= 4 is 12.0 Å². The number of carbonyl (C=O) groups excluding carboxylic acids is 2. The Hall–Kier alpha value is -2.90. The van der Waals surface area contributed by atoms with Gasteiger partial charge in [-0.15, -0.1) is 0 Å². The second kappa shape index (κ2) is 10.7. The maximum absolute atomic E-state index is 13.3. The molecule has 38 heavy (non-hydrogen) atoms. The molecule has 2 aliphatic rings. The predicted octanol–water partition coefficient (Wildman–Crippen LogP) is 5.12. The summed E-state index contributed by atoms with van der Waals surface area (Å²) in [5.74, 6) is 0.144. The first-order valence-corrected chi connectivity index (χ1v) is 13.7. The molecule has 0 aromatic heterocycles. The zero-order valence-electron chi connectivity index (χ0n) is 23.3. The monoisotopic (exact) mass is 522 g/mol. The van der Waals surface area contributed by atoms with Crippen LogP contribution in [0.4, 0.5) is 4.79 Å². The molecule has 0 bridgehead atoms.